The molecular formula is C25H22N2O3. The maximum absolute atomic E-state index is 11.5. The summed E-state index contributed by atoms with van der Waals surface area (Å²) >= 11 is 0. The van der Waals surface area contributed by atoms with Gasteiger partial charge in [-0.05, 0) is 55.2 Å². The van der Waals surface area contributed by atoms with Crippen LogP contribution in [0.25, 0.3) is 11.6 Å². The molecule has 0 bridgehead atoms. The highest BCUT2D eigenvalue weighted by atomic mass is 16.5. The number of carboxylic acid groups (broad SMARTS) is 1. The minimum atomic E-state index is -1.25. The lowest BCUT2D eigenvalue weighted by Gasteiger charge is -2.28. The number of nitrogens with zero attached hydrogens (tertiary/aromatic N) is 2. The molecule has 0 aromatic heterocycles. The van der Waals surface area contributed by atoms with Crippen LogP contribution in [0.1, 0.15) is 30.4 Å². The van der Waals surface area contributed by atoms with Gasteiger partial charge in [-0.3, -0.25) is 0 Å². The smallest absolute Gasteiger partial charge is 0.347 e. The number of rotatable bonds is 4. The number of nitriles is 1. The number of allylic oxidation sites excluding steroid dienone is 3. The average Bonchev–Trinajstić information content (AvgIpc) is 2.79. The van der Waals surface area contributed by atoms with Crippen LogP contribution in [0.2, 0.25) is 0 Å². The van der Waals surface area contributed by atoms with E-state index < -0.39 is 5.97 Å². The van der Waals surface area contributed by atoms with E-state index in [4.69, 9.17) is 4.74 Å². The summed E-state index contributed by atoms with van der Waals surface area (Å²) < 4.78 is 5.91. The van der Waals surface area contributed by atoms with E-state index in [0.29, 0.717) is 22.6 Å². The van der Waals surface area contributed by atoms with Crippen LogP contribution in [0.15, 0.2) is 72.0 Å². The summed E-state index contributed by atoms with van der Waals surface area (Å²) in [5, 5.41) is 18.7. The fraction of sp³-hybridized carbons (Fsp3) is 0.200. The zero-order valence-corrected chi connectivity index (χ0v) is 16.5. The molecule has 0 atom stereocenters. The number of para-hydroxylation sites is 1. The van der Waals surface area contributed by atoms with Crippen LogP contribution in [-0.2, 0) is 4.79 Å². The zero-order chi connectivity index (χ0) is 20.9. The van der Waals surface area contributed by atoms with Gasteiger partial charge in [0.05, 0.1) is 0 Å². The van der Waals surface area contributed by atoms with Crippen molar-refractivity contribution in [2.24, 2.45) is 0 Å². The lowest BCUT2D eigenvalue weighted by atomic mass is 9.96. The van der Waals surface area contributed by atoms with Gasteiger partial charge in [0.2, 0.25) is 0 Å². The van der Waals surface area contributed by atoms with Crippen LogP contribution < -0.4 is 9.64 Å². The van der Waals surface area contributed by atoms with Crippen molar-refractivity contribution in [1.29, 1.82) is 5.26 Å². The van der Waals surface area contributed by atoms with Crippen LogP contribution >= 0.6 is 0 Å². The molecule has 0 aliphatic carbocycles. The van der Waals surface area contributed by atoms with Crippen molar-refractivity contribution in [2.75, 3.05) is 18.0 Å². The average molecular weight is 398 g/mol. The maximum atomic E-state index is 11.5. The standard InChI is InChI=1S/C25H22N2O3/c26-17-23(25(28)29)22-16-20(30-24-7-3-2-6-21(22)24)13-10-18-8-11-19(12-9-18)27-14-4-1-5-15-27/h2-3,6-13,16H,1,4-5,14-15H2,(H,28,29). The Labute approximate surface area is 175 Å². The quantitative estimate of drug-likeness (QED) is 0.578. The van der Waals surface area contributed by atoms with Crippen molar-refractivity contribution < 1.29 is 14.6 Å². The Bertz CT molecular complexity index is 1080. The summed E-state index contributed by atoms with van der Waals surface area (Å²) in [6.07, 6.45) is 9.11. The number of fused-ring (bicyclic) bond motifs is 1. The highest BCUT2D eigenvalue weighted by molar-refractivity contribution is 6.04. The van der Waals surface area contributed by atoms with Gasteiger partial charge in [0, 0.05) is 29.9 Å². The van der Waals surface area contributed by atoms with Crippen molar-refractivity contribution in [3.05, 3.63) is 83.1 Å². The largest absolute Gasteiger partial charge is 0.477 e. The molecule has 4 rings (SSSR count). The monoisotopic (exact) mass is 398 g/mol. The first kappa shape index (κ1) is 19.5. The van der Waals surface area contributed by atoms with Crippen molar-refractivity contribution >= 4 is 23.3 Å². The predicted molar refractivity (Wildman–Crippen MR) is 117 cm³/mol. The lowest BCUT2D eigenvalue weighted by Crippen LogP contribution is -2.29. The molecule has 5 nitrogen and oxygen atoms in total. The Morgan fingerprint density at radius 1 is 1.03 bits per heavy atom. The third kappa shape index (κ3) is 4.13. The number of anilines is 1. The number of aliphatic carboxylic acids is 1. The van der Waals surface area contributed by atoms with Gasteiger partial charge in [0.25, 0.3) is 0 Å². The van der Waals surface area contributed by atoms with Crippen LogP contribution in [0.4, 0.5) is 5.69 Å². The maximum Gasteiger partial charge on any atom is 0.347 e. The Hall–Kier alpha value is -3.78. The van der Waals surface area contributed by atoms with Gasteiger partial charge in [-0.1, -0.05) is 36.4 Å². The predicted octanol–water partition coefficient (Wildman–Crippen LogP) is 5.03. The third-order valence-corrected chi connectivity index (χ3v) is 5.34. The Morgan fingerprint density at radius 3 is 2.47 bits per heavy atom. The highest BCUT2D eigenvalue weighted by Gasteiger charge is 2.22. The summed E-state index contributed by atoms with van der Waals surface area (Å²) in [4.78, 5) is 13.9. The van der Waals surface area contributed by atoms with E-state index in [-0.39, 0.29) is 5.57 Å². The molecule has 1 N–H and O–H groups in total. The summed E-state index contributed by atoms with van der Waals surface area (Å²) in [6, 6.07) is 17.3. The number of carboxylic acids is 1. The first-order chi connectivity index (χ1) is 14.7. The van der Waals surface area contributed by atoms with Gasteiger partial charge < -0.3 is 14.7 Å². The molecule has 1 saturated heterocycles. The molecule has 0 unspecified atom stereocenters. The zero-order valence-electron chi connectivity index (χ0n) is 16.5. The van der Waals surface area contributed by atoms with Crippen LogP contribution in [0.5, 0.6) is 5.75 Å². The number of piperidine rings is 1. The first-order valence-electron chi connectivity index (χ1n) is 10.1. The van der Waals surface area contributed by atoms with E-state index in [1.165, 1.54) is 24.9 Å². The normalized spacial score (nSPS) is 17.6. The van der Waals surface area contributed by atoms with Gasteiger partial charge in [0.1, 0.15) is 23.2 Å². The van der Waals surface area contributed by atoms with Crippen molar-refractivity contribution in [3.63, 3.8) is 0 Å². The minimum absolute atomic E-state index is 0.303. The number of hydrogen-bond acceptors (Lipinski definition) is 4. The molecule has 0 spiro atoms. The van der Waals surface area contributed by atoms with E-state index in [1.807, 2.05) is 12.1 Å². The van der Waals surface area contributed by atoms with Gasteiger partial charge in [0.15, 0.2) is 0 Å². The van der Waals surface area contributed by atoms with Crippen LogP contribution in [0, 0.1) is 11.3 Å². The summed E-state index contributed by atoms with van der Waals surface area (Å²) in [5.41, 5.74) is 2.90. The molecule has 2 aliphatic heterocycles. The van der Waals surface area contributed by atoms with E-state index in [9.17, 15) is 15.2 Å². The van der Waals surface area contributed by atoms with Gasteiger partial charge in [-0.2, -0.15) is 5.26 Å². The second kappa shape index (κ2) is 8.71. The molecule has 0 saturated carbocycles. The second-order valence-electron chi connectivity index (χ2n) is 7.32. The first-order valence-corrected chi connectivity index (χ1v) is 10.1. The Kier molecular flexibility index (Phi) is 5.67. The van der Waals surface area contributed by atoms with Crippen molar-refractivity contribution in [2.45, 2.75) is 19.3 Å². The summed E-state index contributed by atoms with van der Waals surface area (Å²) in [7, 11) is 0. The Balaban J connectivity index is 1.59. The topological polar surface area (TPSA) is 73.6 Å². The molecule has 2 aromatic rings. The summed E-state index contributed by atoms with van der Waals surface area (Å²) in [5.74, 6) is -0.237. The molecule has 1 fully saturated rings. The Morgan fingerprint density at radius 2 is 1.77 bits per heavy atom. The van der Waals surface area contributed by atoms with Crippen LogP contribution in [0.3, 0.4) is 0 Å². The van der Waals surface area contributed by atoms with Crippen molar-refractivity contribution in [3.8, 4) is 11.8 Å². The molecule has 5 heteroatoms. The number of benzene rings is 2. The molecule has 2 aliphatic rings. The molecule has 2 heterocycles. The van der Waals surface area contributed by atoms with E-state index in [0.717, 1.165) is 18.7 Å². The van der Waals surface area contributed by atoms with E-state index >= 15 is 0 Å². The lowest BCUT2D eigenvalue weighted by molar-refractivity contribution is -0.132. The van der Waals surface area contributed by atoms with Crippen LogP contribution in [-0.4, -0.2) is 24.2 Å². The van der Waals surface area contributed by atoms with Gasteiger partial charge in [-0.25, -0.2) is 4.79 Å². The molecule has 30 heavy (non-hydrogen) atoms. The van der Waals surface area contributed by atoms with Gasteiger partial charge in [-0.15, -0.1) is 0 Å². The van der Waals surface area contributed by atoms with E-state index in [1.54, 1.807) is 36.4 Å². The number of hydrogen-bond donors (Lipinski definition) is 1. The fourth-order valence-electron chi connectivity index (χ4n) is 3.79. The van der Waals surface area contributed by atoms with E-state index in [2.05, 4.69) is 29.2 Å². The molecule has 2 aromatic carbocycles. The summed E-state index contributed by atoms with van der Waals surface area (Å²) in [6.45, 7) is 2.21. The molecule has 150 valence electrons. The van der Waals surface area contributed by atoms with Crippen molar-refractivity contribution in [1.82, 2.24) is 0 Å². The molecular weight excluding hydrogens is 376 g/mol. The SMILES string of the molecule is N#CC(C(=O)O)=C1C=C(C=Cc2ccc(N3CCCCC3)cc2)Oc2ccccc21. The number of ether oxygens (including phenoxy) is 1. The molecule has 0 amide bonds. The molecule has 0 radical (unpaired) electrons. The highest BCUT2D eigenvalue weighted by Crippen LogP contribution is 2.36. The number of carbonyl (C=O) groups is 1. The van der Waals surface area contributed by atoms with Gasteiger partial charge >= 0.3 is 5.97 Å². The minimum Gasteiger partial charge on any atom is -0.477 e. The second-order valence-corrected chi connectivity index (χ2v) is 7.32. The third-order valence-electron chi connectivity index (χ3n) is 5.34. The fourth-order valence-corrected chi connectivity index (χ4v) is 3.79.